The number of anilines is 2. The van der Waals surface area contributed by atoms with Gasteiger partial charge in [-0.3, -0.25) is 0 Å². The number of rotatable bonds is 4. The van der Waals surface area contributed by atoms with Crippen molar-refractivity contribution >= 4 is 29.1 Å². The zero-order valence-corrected chi connectivity index (χ0v) is 14.0. The van der Waals surface area contributed by atoms with Crippen LogP contribution in [0.25, 0.3) is 0 Å². The highest BCUT2D eigenvalue weighted by Gasteiger charge is 2.17. The molecule has 0 saturated heterocycles. The van der Waals surface area contributed by atoms with E-state index in [1.807, 2.05) is 20.8 Å². The van der Waals surface area contributed by atoms with Crippen LogP contribution in [0.3, 0.4) is 0 Å². The van der Waals surface area contributed by atoms with Crippen LogP contribution >= 0.6 is 11.6 Å². The number of hydrogen-bond acceptors (Lipinski definition) is 4. The van der Waals surface area contributed by atoms with Gasteiger partial charge in [-0.1, -0.05) is 25.4 Å². The second kappa shape index (κ2) is 6.89. The van der Waals surface area contributed by atoms with Crippen molar-refractivity contribution in [3.63, 3.8) is 0 Å². The lowest BCUT2D eigenvalue weighted by Crippen LogP contribution is -2.42. The maximum absolute atomic E-state index is 11.8. The van der Waals surface area contributed by atoms with Crippen molar-refractivity contribution in [1.29, 1.82) is 0 Å². The summed E-state index contributed by atoms with van der Waals surface area (Å²) in [4.78, 5) is 11.8. The lowest BCUT2D eigenvalue weighted by molar-refractivity contribution is 0.191. The summed E-state index contributed by atoms with van der Waals surface area (Å²) in [5.41, 5.74) is 6.47. The van der Waals surface area contributed by atoms with E-state index in [9.17, 15) is 4.79 Å². The van der Waals surface area contributed by atoms with E-state index in [1.54, 1.807) is 12.1 Å². The predicted octanol–water partition coefficient (Wildman–Crippen LogP) is 3.88. The maximum atomic E-state index is 11.8. The van der Waals surface area contributed by atoms with E-state index < -0.39 is 6.09 Å². The first-order chi connectivity index (χ1) is 9.58. The molecule has 5 nitrogen and oxygen atoms in total. The fraction of sp³-hybridized carbons (Fsp3) is 0.533. The average molecular weight is 314 g/mol. The van der Waals surface area contributed by atoms with E-state index in [0.717, 1.165) is 6.54 Å². The predicted molar refractivity (Wildman–Crippen MR) is 88.1 cm³/mol. The van der Waals surface area contributed by atoms with Crippen LogP contribution in [0.5, 0.6) is 5.75 Å². The third-order valence-electron chi connectivity index (χ3n) is 2.48. The SMILES string of the molecule is CC(C)CNc1cc(OC(=O)NC(C)(C)C)c(N)cc1Cl. The van der Waals surface area contributed by atoms with Gasteiger partial charge in [0.05, 0.1) is 16.4 Å². The van der Waals surface area contributed by atoms with E-state index in [2.05, 4.69) is 24.5 Å². The Morgan fingerprint density at radius 1 is 1.38 bits per heavy atom. The molecule has 0 aliphatic rings. The van der Waals surface area contributed by atoms with E-state index in [-0.39, 0.29) is 11.3 Å². The molecule has 0 radical (unpaired) electrons. The Balaban J connectivity index is 2.87. The summed E-state index contributed by atoms with van der Waals surface area (Å²) in [5.74, 6) is 0.750. The molecule has 0 saturated carbocycles. The molecule has 4 N–H and O–H groups in total. The summed E-state index contributed by atoms with van der Waals surface area (Å²) in [6, 6.07) is 3.21. The average Bonchev–Trinajstić information content (AvgIpc) is 2.28. The van der Waals surface area contributed by atoms with E-state index >= 15 is 0 Å². The number of nitrogen functional groups attached to an aromatic ring is 1. The summed E-state index contributed by atoms with van der Waals surface area (Å²) < 4.78 is 5.25. The smallest absolute Gasteiger partial charge is 0.408 e. The summed E-state index contributed by atoms with van der Waals surface area (Å²) >= 11 is 6.13. The summed E-state index contributed by atoms with van der Waals surface area (Å²) in [7, 11) is 0. The minimum Gasteiger partial charge on any atom is -0.408 e. The van der Waals surface area contributed by atoms with Gasteiger partial charge in [-0.15, -0.1) is 0 Å². The van der Waals surface area contributed by atoms with Gasteiger partial charge in [0.15, 0.2) is 5.75 Å². The molecule has 0 heterocycles. The highest BCUT2D eigenvalue weighted by atomic mass is 35.5. The minimum absolute atomic E-state index is 0.285. The van der Waals surface area contributed by atoms with E-state index in [0.29, 0.717) is 22.3 Å². The van der Waals surface area contributed by atoms with Crippen LogP contribution in [0.2, 0.25) is 5.02 Å². The van der Waals surface area contributed by atoms with Crippen LogP contribution in [0.1, 0.15) is 34.6 Å². The Kier molecular flexibility index (Phi) is 5.72. The van der Waals surface area contributed by atoms with Crippen molar-refractivity contribution in [2.45, 2.75) is 40.2 Å². The zero-order valence-electron chi connectivity index (χ0n) is 13.2. The van der Waals surface area contributed by atoms with Gasteiger partial charge in [-0.05, 0) is 32.8 Å². The van der Waals surface area contributed by atoms with Crippen LogP contribution < -0.4 is 21.1 Å². The molecule has 0 spiro atoms. The van der Waals surface area contributed by atoms with E-state index in [4.69, 9.17) is 22.1 Å². The second-order valence-electron chi connectivity index (χ2n) is 6.41. The first-order valence-electron chi connectivity index (χ1n) is 6.91. The summed E-state index contributed by atoms with van der Waals surface area (Å²) in [6.07, 6.45) is -0.550. The minimum atomic E-state index is -0.550. The maximum Gasteiger partial charge on any atom is 0.413 e. The number of ether oxygens (including phenoxy) is 1. The van der Waals surface area contributed by atoms with Crippen molar-refractivity contribution in [3.05, 3.63) is 17.2 Å². The van der Waals surface area contributed by atoms with Crippen LogP contribution in [-0.4, -0.2) is 18.2 Å². The summed E-state index contributed by atoms with van der Waals surface area (Å²) in [5, 5.41) is 6.41. The van der Waals surface area contributed by atoms with Crippen LogP contribution in [0.4, 0.5) is 16.2 Å². The Morgan fingerprint density at radius 2 is 2.00 bits per heavy atom. The molecule has 0 fully saturated rings. The molecule has 118 valence electrons. The highest BCUT2D eigenvalue weighted by Crippen LogP contribution is 2.33. The molecular weight excluding hydrogens is 290 g/mol. The zero-order chi connectivity index (χ0) is 16.2. The normalized spacial score (nSPS) is 11.4. The molecule has 1 amide bonds. The fourth-order valence-corrected chi connectivity index (χ4v) is 1.78. The second-order valence-corrected chi connectivity index (χ2v) is 6.82. The van der Waals surface area contributed by atoms with Gasteiger partial charge in [-0.2, -0.15) is 0 Å². The Morgan fingerprint density at radius 3 is 2.52 bits per heavy atom. The van der Waals surface area contributed by atoms with Crippen molar-refractivity contribution < 1.29 is 9.53 Å². The van der Waals surface area contributed by atoms with Crippen molar-refractivity contribution in [1.82, 2.24) is 5.32 Å². The molecule has 0 unspecified atom stereocenters. The van der Waals surface area contributed by atoms with Crippen molar-refractivity contribution in [2.75, 3.05) is 17.6 Å². The number of nitrogens with two attached hydrogens (primary N) is 1. The van der Waals surface area contributed by atoms with Gasteiger partial charge in [0.2, 0.25) is 0 Å². The van der Waals surface area contributed by atoms with E-state index in [1.165, 1.54) is 0 Å². The monoisotopic (exact) mass is 313 g/mol. The quantitative estimate of drug-likeness (QED) is 0.737. The van der Waals surface area contributed by atoms with Gasteiger partial charge in [0.25, 0.3) is 0 Å². The Hall–Kier alpha value is -1.62. The van der Waals surface area contributed by atoms with Gasteiger partial charge >= 0.3 is 6.09 Å². The molecule has 6 heteroatoms. The molecule has 1 aromatic rings. The first-order valence-corrected chi connectivity index (χ1v) is 7.29. The number of benzene rings is 1. The summed E-state index contributed by atoms with van der Waals surface area (Å²) in [6.45, 7) is 10.6. The lowest BCUT2D eigenvalue weighted by atomic mass is 10.1. The van der Waals surface area contributed by atoms with Crippen LogP contribution in [-0.2, 0) is 0 Å². The van der Waals surface area contributed by atoms with Crippen LogP contribution in [0, 0.1) is 5.92 Å². The van der Waals surface area contributed by atoms with Crippen molar-refractivity contribution in [3.8, 4) is 5.75 Å². The Labute approximate surface area is 131 Å². The highest BCUT2D eigenvalue weighted by molar-refractivity contribution is 6.33. The number of nitrogens with one attached hydrogen (secondary N) is 2. The first kappa shape index (κ1) is 17.4. The van der Waals surface area contributed by atoms with Gasteiger partial charge in [0.1, 0.15) is 0 Å². The molecule has 0 atom stereocenters. The van der Waals surface area contributed by atoms with Crippen LogP contribution in [0.15, 0.2) is 12.1 Å². The van der Waals surface area contributed by atoms with Gasteiger partial charge < -0.3 is 21.1 Å². The number of amides is 1. The fourth-order valence-electron chi connectivity index (χ4n) is 1.54. The third-order valence-corrected chi connectivity index (χ3v) is 2.79. The lowest BCUT2D eigenvalue weighted by Gasteiger charge is -2.20. The molecule has 0 aromatic heterocycles. The molecule has 0 aliphatic carbocycles. The van der Waals surface area contributed by atoms with Gasteiger partial charge in [-0.25, -0.2) is 4.79 Å². The molecule has 21 heavy (non-hydrogen) atoms. The third kappa shape index (κ3) is 6.12. The molecule has 0 aliphatic heterocycles. The largest absolute Gasteiger partial charge is 0.413 e. The number of hydrogen-bond donors (Lipinski definition) is 3. The molecule has 1 aromatic carbocycles. The molecular formula is C15H24ClN3O2. The standard InChI is InChI=1S/C15H24ClN3O2/c1-9(2)8-18-12-7-13(11(17)6-10(12)16)21-14(20)19-15(3,4)5/h6-7,9,18H,8,17H2,1-5H3,(H,19,20). The molecule has 0 bridgehead atoms. The number of carbonyl (C=O) groups is 1. The number of halogens is 1. The Bertz CT molecular complexity index is 510. The van der Waals surface area contributed by atoms with Crippen molar-refractivity contribution in [2.24, 2.45) is 5.92 Å². The molecule has 1 rings (SSSR count). The number of carbonyl (C=O) groups excluding carboxylic acids is 1. The topological polar surface area (TPSA) is 76.4 Å². The van der Waals surface area contributed by atoms with Gasteiger partial charge in [0, 0.05) is 18.2 Å².